The summed E-state index contributed by atoms with van der Waals surface area (Å²) < 4.78 is 19.5. The fourth-order valence-corrected chi connectivity index (χ4v) is 4.58. The van der Waals surface area contributed by atoms with Gasteiger partial charge in [0.15, 0.2) is 0 Å². The first-order valence-corrected chi connectivity index (χ1v) is 10.3. The molecule has 3 aromatic carbocycles. The minimum Gasteiger partial charge on any atom is -0.467 e. The minimum atomic E-state index is -1.79. The number of fused-ring (bicyclic) bond motifs is 2. The molecule has 5 rings (SSSR count). The largest absolute Gasteiger partial charge is 0.467 e. The van der Waals surface area contributed by atoms with Crippen molar-refractivity contribution in [2.24, 2.45) is 0 Å². The van der Waals surface area contributed by atoms with Gasteiger partial charge in [-0.1, -0.05) is 34.1 Å². The van der Waals surface area contributed by atoms with Crippen LogP contribution in [0.4, 0.5) is 10.1 Å². The SMILES string of the molecule is COC(=O)C1(c2c(-c3ccc(F)cc3)[nH]c3ccccc23)Nc2cc(Br)ccc2C1=O. The van der Waals surface area contributed by atoms with Crippen molar-refractivity contribution >= 4 is 44.3 Å². The predicted octanol–water partition coefficient (Wildman–Crippen LogP) is 5.41. The Hall–Kier alpha value is -3.45. The summed E-state index contributed by atoms with van der Waals surface area (Å²) in [5.74, 6) is -1.51. The van der Waals surface area contributed by atoms with Crippen molar-refractivity contribution in [2.45, 2.75) is 5.54 Å². The fraction of sp³-hybridized carbons (Fsp3) is 0.0833. The van der Waals surface area contributed by atoms with Gasteiger partial charge in [-0.2, -0.15) is 0 Å². The summed E-state index contributed by atoms with van der Waals surface area (Å²) in [6, 6.07) is 18.5. The van der Waals surface area contributed by atoms with Gasteiger partial charge in [0, 0.05) is 32.2 Å². The number of ketones is 1. The Morgan fingerprint density at radius 3 is 2.55 bits per heavy atom. The molecule has 2 N–H and O–H groups in total. The summed E-state index contributed by atoms with van der Waals surface area (Å²) in [7, 11) is 1.25. The smallest absolute Gasteiger partial charge is 0.344 e. The molecule has 0 bridgehead atoms. The summed E-state index contributed by atoms with van der Waals surface area (Å²) in [6.45, 7) is 0. The van der Waals surface area contributed by atoms with Crippen molar-refractivity contribution in [3.05, 3.63) is 88.1 Å². The summed E-state index contributed by atoms with van der Waals surface area (Å²) in [5.41, 5.74) is 1.50. The lowest BCUT2D eigenvalue weighted by atomic mass is 9.82. The quantitative estimate of drug-likeness (QED) is 0.305. The van der Waals surface area contributed by atoms with Crippen LogP contribution in [0.1, 0.15) is 15.9 Å². The Bertz CT molecular complexity index is 1360. The topological polar surface area (TPSA) is 71.2 Å². The second-order valence-corrected chi connectivity index (χ2v) is 8.23. The van der Waals surface area contributed by atoms with Gasteiger partial charge < -0.3 is 15.0 Å². The van der Waals surface area contributed by atoms with Crippen molar-refractivity contribution < 1.29 is 18.7 Å². The Morgan fingerprint density at radius 2 is 1.81 bits per heavy atom. The summed E-state index contributed by atoms with van der Waals surface area (Å²) in [4.78, 5) is 30.4. The van der Waals surface area contributed by atoms with Gasteiger partial charge in [0.25, 0.3) is 0 Å². The van der Waals surface area contributed by atoms with Gasteiger partial charge in [-0.15, -0.1) is 0 Å². The van der Waals surface area contributed by atoms with Crippen LogP contribution in [0.5, 0.6) is 0 Å². The number of carbonyl (C=O) groups excluding carboxylic acids is 2. The van der Waals surface area contributed by atoms with Gasteiger partial charge in [0.1, 0.15) is 5.82 Å². The van der Waals surface area contributed by atoms with E-state index in [1.54, 1.807) is 30.3 Å². The molecule has 4 aromatic rings. The molecule has 1 aliphatic rings. The zero-order valence-electron chi connectivity index (χ0n) is 16.3. The van der Waals surface area contributed by atoms with Crippen LogP contribution in [-0.4, -0.2) is 23.8 Å². The third-order valence-corrected chi connectivity index (χ3v) is 6.09. The number of carbonyl (C=O) groups is 2. The predicted molar refractivity (Wildman–Crippen MR) is 119 cm³/mol. The molecule has 0 spiro atoms. The Balaban J connectivity index is 1.86. The number of rotatable bonds is 3. The van der Waals surface area contributed by atoms with Crippen LogP contribution < -0.4 is 5.32 Å². The van der Waals surface area contributed by atoms with E-state index in [0.717, 1.165) is 9.99 Å². The summed E-state index contributed by atoms with van der Waals surface area (Å²) in [5, 5.41) is 3.85. The highest BCUT2D eigenvalue weighted by molar-refractivity contribution is 9.10. The monoisotopic (exact) mass is 478 g/mol. The van der Waals surface area contributed by atoms with Crippen LogP contribution in [0.15, 0.2) is 71.2 Å². The first-order valence-electron chi connectivity index (χ1n) is 9.54. The Morgan fingerprint density at radius 1 is 1.06 bits per heavy atom. The third kappa shape index (κ3) is 2.80. The number of anilines is 1. The van der Waals surface area contributed by atoms with Crippen molar-refractivity contribution in [2.75, 3.05) is 12.4 Å². The number of aromatic nitrogens is 1. The van der Waals surface area contributed by atoms with E-state index in [9.17, 15) is 14.0 Å². The highest BCUT2D eigenvalue weighted by Gasteiger charge is 2.56. The summed E-state index contributed by atoms with van der Waals surface area (Å²) in [6.07, 6.45) is 0. The number of aromatic amines is 1. The first kappa shape index (κ1) is 19.5. The fourth-order valence-electron chi connectivity index (χ4n) is 4.22. The van der Waals surface area contributed by atoms with E-state index in [0.29, 0.717) is 33.5 Å². The average Bonchev–Trinajstić information content (AvgIpc) is 3.29. The standard InChI is InChI=1S/C24H16BrFN2O3/c1-31-23(30)24(22(29)17-11-8-14(25)12-19(17)28-24)20-16-4-2-3-5-18(16)27-21(20)13-6-9-15(26)10-7-13/h2-12,27-28H,1H3. The highest BCUT2D eigenvalue weighted by Crippen LogP contribution is 2.47. The van der Waals surface area contributed by atoms with Crippen molar-refractivity contribution in [3.8, 4) is 11.3 Å². The van der Waals surface area contributed by atoms with E-state index in [2.05, 4.69) is 26.2 Å². The number of methoxy groups -OCH3 is 1. The Labute approximate surface area is 185 Å². The van der Waals surface area contributed by atoms with E-state index < -0.39 is 17.3 Å². The lowest BCUT2D eigenvalue weighted by Crippen LogP contribution is -2.47. The van der Waals surface area contributed by atoms with Crippen LogP contribution in [-0.2, 0) is 15.1 Å². The maximum absolute atomic E-state index is 13.8. The second-order valence-electron chi connectivity index (χ2n) is 7.31. The molecule has 154 valence electrons. The summed E-state index contributed by atoms with van der Waals surface area (Å²) >= 11 is 3.41. The van der Waals surface area contributed by atoms with Crippen LogP contribution in [0.2, 0.25) is 0 Å². The molecule has 7 heteroatoms. The number of Topliss-reactive ketones (excluding diaryl/α,β-unsaturated/α-hetero) is 1. The number of ether oxygens (including phenoxy) is 1. The average molecular weight is 479 g/mol. The number of H-pyrrole nitrogens is 1. The number of nitrogens with one attached hydrogen (secondary N) is 2. The molecular weight excluding hydrogens is 463 g/mol. The van der Waals surface area contributed by atoms with Gasteiger partial charge in [-0.05, 0) is 54.1 Å². The van der Waals surface area contributed by atoms with E-state index in [1.165, 1.54) is 19.2 Å². The second kappa shape index (κ2) is 7.06. The molecule has 1 aromatic heterocycles. The maximum Gasteiger partial charge on any atom is 0.344 e. The number of hydrogen-bond donors (Lipinski definition) is 2. The van der Waals surface area contributed by atoms with Crippen molar-refractivity contribution in [1.29, 1.82) is 0 Å². The van der Waals surface area contributed by atoms with Gasteiger partial charge in [-0.25, -0.2) is 9.18 Å². The lowest BCUT2D eigenvalue weighted by Gasteiger charge is -2.27. The molecule has 5 nitrogen and oxygen atoms in total. The molecule has 1 unspecified atom stereocenters. The van der Waals surface area contributed by atoms with Gasteiger partial charge >= 0.3 is 5.97 Å². The molecule has 0 saturated carbocycles. The van der Waals surface area contributed by atoms with Gasteiger partial charge in [-0.3, -0.25) is 4.79 Å². The van der Waals surface area contributed by atoms with E-state index in [4.69, 9.17) is 4.74 Å². The normalized spacial score (nSPS) is 17.5. The lowest BCUT2D eigenvalue weighted by molar-refractivity contribution is -0.144. The maximum atomic E-state index is 13.8. The third-order valence-electron chi connectivity index (χ3n) is 5.59. The van der Waals surface area contributed by atoms with E-state index in [-0.39, 0.29) is 5.82 Å². The molecule has 0 amide bonds. The van der Waals surface area contributed by atoms with Crippen LogP contribution in [0, 0.1) is 5.82 Å². The van der Waals surface area contributed by atoms with Crippen molar-refractivity contribution in [1.82, 2.24) is 4.98 Å². The molecule has 0 saturated heterocycles. The molecule has 31 heavy (non-hydrogen) atoms. The molecule has 1 atom stereocenters. The molecule has 0 fully saturated rings. The number of hydrogen-bond acceptors (Lipinski definition) is 4. The molecule has 0 aliphatic carbocycles. The van der Waals surface area contributed by atoms with Crippen LogP contribution >= 0.6 is 15.9 Å². The van der Waals surface area contributed by atoms with Gasteiger partial charge in [0.2, 0.25) is 11.3 Å². The molecular formula is C24H16BrFN2O3. The molecule has 2 heterocycles. The molecule has 0 radical (unpaired) electrons. The van der Waals surface area contributed by atoms with E-state index >= 15 is 0 Å². The number of halogens is 2. The zero-order valence-corrected chi connectivity index (χ0v) is 17.9. The Kier molecular flexibility index (Phi) is 4.44. The number of benzene rings is 3. The minimum absolute atomic E-state index is 0.378. The zero-order chi connectivity index (χ0) is 21.8. The first-order chi connectivity index (χ1) is 15.0. The molecule has 1 aliphatic heterocycles. The highest BCUT2D eigenvalue weighted by atomic mass is 79.9. The van der Waals surface area contributed by atoms with Gasteiger partial charge in [0.05, 0.1) is 12.8 Å². The number of esters is 1. The van der Waals surface area contributed by atoms with Crippen LogP contribution in [0.25, 0.3) is 22.2 Å². The van der Waals surface area contributed by atoms with Crippen LogP contribution in [0.3, 0.4) is 0 Å². The van der Waals surface area contributed by atoms with Crippen molar-refractivity contribution in [3.63, 3.8) is 0 Å². The number of para-hydroxylation sites is 1. The van der Waals surface area contributed by atoms with E-state index in [1.807, 2.05) is 24.3 Å².